The molecule has 146 valence electrons. The van der Waals surface area contributed by atoms with E-state index in [-0.39, 0.29) is 24.5 Å². The minimum absolute atomic E-state index is 0.0311. The van der Waals surface area contributed by atoms with E-state index in [4.69, 9.17) is 0 Å². The summed E-state index contributed by atoms with van der Waals surface area (Å²) in [5.41, 5.74) is 3.66. The molecule has 4 saturated heterocycles. The van der Waals surface area contributed by atoms with Gasteiger partial charge in [-0.1, -0.05) is 18.2 Å². The Morgan fingerprint density at radius 1 is 1.11 bits per heavy atom. The van der Waals surface area contributed by atoms with Gasteiger partial charge in [-0.25, -0.2) is 4.79 Å². The molecule has 5 rings (SSSR count). The normalized spacial score (nSPS) is 27.8. The molecular weight excluding hydrogens is 340 g/mol. The first-order valence-electron chi connectivity index (χ1n) is 10.1. The number of piperidine rings is 3. The second-order valence-electron chi connectivity index (χ2n) is 8.35. The molecule has 0 saturated carbocycles. The molecule has 1 aromatic carbocycles. The molecule has 1 N–H and O–H groups in total. The van der Waals surface area contributed by atoms with E-state index < -0.39 is 0 Å². The van der Waals surface area contributed by atoms with Gasteiger partial charge in [0.2, 0.25) is 5.91 Å². The Bertz CT molecular complexity index is 727. The Labute approximate surface area is 161 Å². The number of piperazine rings is 1. The van der Waals surface area contributed by atoms with Crippen LogP contribution in [0.3, 0.4) is 0 Å². The van der Waals surface area contributed by atoms with E-state index in [2.05, 4.69) is 42.3 Å². The van der Waals surface area contributed by atoms with Gasteiger partial charge in [-0.05, 0) is 62.4 Å². The quantitative estimate of drug-likeness (QED) is 0.882. The molecule has 0 aromatic heterocycles. The molecule has 6 nitrogen and oxygen atoms in total. The number of fused-ring (bicyclic) bond motifs is 3. The Kier molecular flexibility index (Phi) is 5.08. The third-order valence-electron chi connectivity index (χ3n) is 6.52. The van der Waals surface area contributed by atoms with Crippen LogP contribution in [0.4, 0.5) is 4.79 Å². The number of nitrogens with zero attached hydrogens (tertiary/aromatic N) is 3. The summed E-state index contributed by atoms with van der Waals surface area (Å²) in [6.45, 7) is 9.46. The highest BCUT2D eigenvalue weighted by molar-refractivity contribution is 5.85. The zero-order chi connectivity index (χ0) is 19.0. The molecule has 4 aliphatic heterocycles. The Morgan fingerprint density at radius 2 is 1.89 bits per heavy atom. The van der Waals surface area contributed by atoms with Crippen LogP contribution in [0.1, 0.15) is 29.5 Å². The highest BCUT2D eigenvalue weighted by Gasteiger charge is 2.36. The summed E-state index contributed by atoms with van der Waals surface area (Å²) < 4.78 is 0. The lowest BCUT2D eigenvalue weighted by Crippen LogP contribution is -2.61. The first-order chi connectivity index (χ1) is 13.0. The summed E-state index contributed by atoms with van der Waals surface area (Å²) in [6.07, 6.45) is 2.35. The van der Waals surface area contributed by atoms with E-state index in [1.54, 1.807) is 4.90 Å². The van der Waals surface area contributed by atoms with Crippen LogP contribution in [0.15, 0.2) is 18.2 Å². The van der Waals surface area contributed by atoms with Gasteiger partial charge >= 0.3 is 6.03 Å². The topological polar surface area (TPSA) is 55.9 Å². The van der Waals surface area contributed by atoms with E-state index in [9.17, 15) is 9.59 Å². The van der Waals surface area contributed by atoms with Crippen LogP contribution in [0, 0.1) is 19.8 Å². The van der Waals surface area contributed by atoms with E-state index in [0.29, 0.717) is 25.6 Å². The molecule has 1 aromatic rings. The fourth-order valence-corrected chi connectivity index (χ4v) is 4.55. The predicted octanol–water partition coefficient (Wildman–Crippen LogP) is 1.75. The lowest BCUT2D eigenvalue weighted by atomic mass is 9.84. The van der Waals surface area contributed by atoms with Crippen LogP contribution in [-0.2, 0) is 11.3 Å². The van der Waals surface area contributed by atoms with Crippen molar-refractivity contribution in [2.24, 2.45) is 5.92 Å². The first kappa shape index (κ1) is 18.3. The highest BCUT2D eigenvalue weighted by atomic mass is 16.2. The molecule has 2 bridgehead atoms. The van der Waals surface area contributed by atoms with Gasteiger partial charge in [0.05, 0.1) is 0 Å². The molecule has 1 atom stereocenters. The summed E-state index contributed by atoms with van der Waals surface area (Å²) in [6, 6.07) is 6.50. The summed E-state index contributed by atoms with van der Waals surface area (Å²) in [4.78, 5) is 31.2. The maximum atomic E-state index is 12.7. The molecule has 27 heavy (non-hydrogen) atoms. The molecule has 0 unspecified atom stereocenters. The second-order valence-corrected chi connectivity index (χ2v) is 8.35. The molecule has 4 heterocycles. The summed E-state index contributed by atoms with van der Waals surface area (Å²) in [5.74, 6) is 0.629. The van der Waals surface area contributed by atoms with Crippen molar-refractivity contribution in [2.75, 3.05) is 39.3 Å². The fraction of sp³-hybridized carbons (Fsp3) is 0.619. The Hall–Kier alpha value is -2.08. The standard InChI is InChI=1S/C21H30N4O2/c1-15-3-4-17(11-16(15)2)12-24-9-10-25(14-20(24)26)21(27)22-19-13-23-7-5-18(19)6-8-23/h3-4,11,18-19H,5-10,12-14H2,1-2H3,(H,22,27)/t19-/m0/s1. The molecule has 4 aliphatic rings. The van der Waals surface area contributed by atoms with Gasteiger partial charge in [0.25, 0.3) is 0 Å². The minimum atomic E-state index is -0.0760. The van der Waals surface area contributed by atoms with E-state index in [0.717, 1.165) is 25.2 Å². The van der Waals surface area contributed by atoms with Crippen molar-refractivity contribution in [3.63, 3.8) is 0 Å². The Balaban J connectivity index is 1.31. The van der Waals surface area contributed by atoms with Crippen LogP contribution in [0.5, 0.6) is 0 Å². The molecule has 4 fully saturated rings. The third-order valence-corrected chi connectivity index (χ3v) is 6.52. The van der Waals surface area contributed by atoms with Gasteiger partial charge in [-0.2, -0.15) is 0 Å². The zero-order valence-corrected chi connectivity index (χ0v) is 16.4. The predicted molar refractivity (Wildman–Crippen MR) is 104 cm³/mol. The number of carbonyl (C=O) groups is 2. The van der Waals surface area contributed by atoms with E-state index >= 15 is 0 Å². The van der Waals surface area contributed by atoms with Crippen molar-refractivity contribution >= 4 is 11.9 Å². The largest absolute Gasteiger partial charge is 0.335 e. The van der Waals surface area contributed by atoms with Crippen molar-refractivity contribution in [2.45, 2.75) is 39.3 Å². The van der Waals surface area contributed by atoms with Crippen molar-refractivity contribution < 1.29 is 9.59 Å². The monoisotopic (exact) mass is 370 g/mol. The molecule has 0 aliphatic carbocycles. The van der Waals surface area contributed by atoms with Gasteiger partial charge in [-0.3, -0.25) is 4.79 Å². The molecule has 3 amide bonds. The van der Waals surface area contributed by atoms with Crippen LogP contribution < -0.4 is 5.32 Å². The maximum Gasteiger partial charge on any atom is 0.318 e. The SMILES string of the molecule is Cc1ccc(CN2CCN(C(=O)N[C@H]3CN4CCC3CC4)CC2=O)cc1C. The van der Waals surface area contributed by atoms with Crippen molar-refractivity contribution in [1.29, 1.82) is 0 Å². The minimum Gasteiger partial charge on any atom is -0.335 e. The van der Waals surface area contributed by atoms with Crippen LogP contribution >= 0.6 is 0 Å². The van der Waals surface area contributed by atoms with Gasteiger partial charge in [0, 0.05) is 32.2 Å². The number of rotatable bonds is 3. The van der Waals surface area contributed by atoms with Gasteiger partial charge in [-0.15, -0.1) is 0 Å². The fourth-order valence-electron chi connectivity index (χ4n) is 4.55. The number of hydrogen-bond acceptors (Lipinski definition) is 3. The van der Waals surface area contributed by atoms with Gasteiger partial charge in [0.1, 0.15) is 6.54 Å². The number of nitrogens with one attached hydrogen (secondary N) is 1. The third kappa shape index (κ3) is 3.95. The lowest BCUT2D eigenvalue weighted by molar-refractivity contribution is -0.135. The summed E-state index contributed by atoms with van der Waals surface area (Å²) in [7, 11) is 0. The smallest absolute Gasteiger partial charge is 0.318 e. The van der Waals surface area contributed by atoms with Crippen molar-refractivity contribution in [3.8, 4) is 0 Å². The second kappa shape index (κ2) is 7.50. The Morgan fingerprint density at radius 3 is 2.52 bits per heavy atom. The van der Waals surface area contributed by atoms with Gasteiger partial charge in [0.15, 0.2) is 0 Å². The summed E-state index contributed by atoms with van der Waals surface area (Å²) in [5, 5.41) is 3.19. The van der Waals surface area contributed by atoms with E-state index in [1.165, 1.54) is 24.0 Å². The molecular formula is C21H30N4O2. The van der Waals surface area contributed by atoms with Crippen molar-refractivity contribution in [1.82, 2.24) is 20.0 Å². The van der Waals surface area contributed by atoms with Crippen LogP contribution in [0.2, 0.25) is 0 Å². The molecule has 6 heteroatoms. The lowest BCUT2D eigenvalue weighted by Gasteiger charge is -2.45. The number of hydrogen-bond donors (Lipinski definition) is 1. The molecule has 0 spiro atoms. The number of carbonyl (C=O) groups excluding carboxylic acids is 2. The van der Waals surface area contributed by atoms with E-state index in [1.807, 2.05) is 4.90 Å². The average Bonchev–Trinajstić information content (AvgIpc) is 2.67. The van der Waals surface area contributed by atoms with Gasteiger partial charge < -0.3 is 20.0 Å². The number of benzene rings is 1. The zero-order valence-electron chi connectivity index (χ0n) is 16.4. The highest BCUT2D eigenvalue weighted by Crippen LogP contribution is 2.27. The first-order valence-corrected chi connectivity index (χ1v) is 10.1. The maximum absolute atomic E-state index is 12.7. The molecule has 0 radical (unpaired) electrons. The van der Waals surface area contributed by atoms with Crippen LogP contribution in [-0.4, -0.2) is 71.9 Å². The van der Waals surface area contributed by atoms with Crippen LogP contribution in [0.25, 0.3) is 0 Å². The number of aryl methyl sites for hydroxylation is 2. The average molecular weight is 370 g/mol. The summed E-state index contributed by atoms with van der Waals surface area (Å²) >= 11 is 0. The number of amides is 3. The number of urea groups is 1. The van der Waals surface area contributed by atoms with Crippen molar-refractivity contribution in [3.05, 3.63) is 34.9 Å².